The maximum absolute atomic E-state index is 12.3. The van der Waals surface area contributed by atoms with Gasteiger partial charge in [0.15, 0.2) is 0 Å². The zero-order chi connectivity index (χ0) is 15.4. The fraction of sp³-hybridized carbons (Fsp3) is 0.533. The highest BCUT2D eigenvalue weighted by Crippen LogP contribution is 2.28. The lowest BCUT2D eigenvalue weighted by atomic mass is 10.0. The molecule has 0 aliphatic carbocycles. The van der Waals surface area contributed by atoms with Gasteiger partial charge in [-0.3, -0.25) is 4.79 Å². The van der Waals surface area contributed by atoms with E-state index < -0.39 is 0 Å². The summed E-state index contributed by atoms with van der Waals surface area (Å²) in [6.07, 6.45) is 0. The van der Waals surface area contributed by atoms with Crippen LogP contribution in [0.3, 0.4) is 0 Å². The summed E-state index contributed by atoms with van der Waals surface area (Å²) in [5, 5.41) is 6.17. The highest BCUT2D eigenvalue weighted by Gasteiger charge is 2.33. The van der Waals surface area contributed by atoms with Crippen molar-refractivity contribution in [3.63, 3.8) is 0 Å². The third-order valence-electron chi connectivity index (χ3n) is 3.82. The van der Waals surface area contributed by atoms with Crippen LogP contribution in [0.1, 0.15) is 18.5 Å². The van der Waals surface area contributed by atoms with Gasteiger partial charge >= 0.3 is 0 Å². The number of carbonyl (C=O) groups is 1. The summed E-state index contributed by atoms with van der Waals surface area (Å²) in [6.45, 7) is 3.02. The molecule has 0 radical (unpaired) electrons. The second-order valence-corrected chi connectivity index (χ2v) is 6.02. The van der Waals surface area contributed by atoms with Crippen LogP contribution in [0.15, 0.2) is 22.7 Å². The predicted molar refractivity (Wildman–Crippen MR) is 84.4 cm³/mol. The van der Waals surface area contributed by atoms with Crippen LogP contribution in [0.5, 0.6) is 5.75 Å². The minimum absolute atomic E-state index is 0.0197. The molecule has 0 bridgehead atoms. The molecule has 1 aromatic carbocycles. The molecule has 0 saturated carbocycles. The van der Waals surface area contributed by atoms with E-state index >= 15 is 0 Å². The van der Waals surface area contributed by atoms with Crippen LogP contribution in [-0.4, -0.2) is 39.3 Å². The topological polar surface area (TPSA) is 59.6 Å². The molecule has 21 heavy (non-hydrogen) atoms. The van der Waals surface area contributed by atoms with Crippen molar-refractivity contribution in [2.45, 2.75) is 19.0 Å². The quantitative estimate of drug-likeness (QED) is 0.845. The van der Waals surface area contributed by atoms with Crippen molar-refractivity contribution >= 4 is 21.8 Å². The van der Waals surface area contributed by atoms with E-state index in [0.717, 1.165) is 15.8 Å². The Kier molecular flexibility index (Phi) is 5.61. The number of hydrogen-bond donors (Lipinski definition) is 2. The first kappa shape index (κ1) is 16.3. The van der Waals surface area contributed by atoms with Crippen LogP contribution in [-0.2, 0) is 9.53 Å². The van der Waals surface area contributed by atoms with Gasteiger partial charge in [-0.15, -0.1) is 0 Å². The molecule has 5 nitrogen and oxygen atoms in total. The Hall–Kier alpha value is -1.11. The van der Waals surface area contributed by atoms with Crippen molar-refractivity contribution in [1.29, 1.82) is 0 Å². The average molecular weight is 357 g/mol. The van der Waals surface area contributed by atoms with E-state index in [1.807, 2.05) is 32.2 Å². The minimum atomic E-state index is -0.140. The smallest absolute Gasteiger partial charge is 0.227 e. The lowest BCUT2D eigenvalue weighted by molar-refractivity contribution is -0.126. The fourth-order valence-electron chi connectivity index (χ4n) is 2.45. The number of ether oxygens (including phenoxy) is 2. The number of rotatable bonds is 5. The van der Waals surface area contributed by atoms with Gasteiger partial charge in [-0.2, -0.15) is 0 Å². The third-order valence-corrected chi connectivity index (χ3v) is 4.44. The molecule has 1 fully saturated rings. The lowest BCUT2D eigenvalue weighted by Crippen LogP contribution is -2.43. The molecule has 3 atom stereocenters. The van der Waals surface area contributed by atoms with Crippen molar-refractivity contribution in [3.05, 3.63) is 28.2 Å². The lowest BCUT2D eigenvalue weighted by Gasteiger charge is -2.20. The molecule has 1 aliphatic rings. The monoisotopic (exact) mass is 356 g/mol. The number of amides is 1. The Morgan fingerprint density at radius 2 is 2.24 bits per heavy atom. The van der Waals surface area contributed by atoms with Crippen LogP contribution in [0.4, 0.5) is 0 Å². The standard InChI is InChI=1S/C15H21BrN2O3/c1-9(10-4-5-14(20-3)12(16)6-10)18-15(19)11-7-21-8-13(11)17-2/h4-6,9,11,13,17H,7-8H2,1-3H3,(H,18,19). The van der Waals surface area contributed by atoms with Gasteiger partial charge in [-0.25, -0.2) is 0 Å². The van der Waals surface area contributed by atoms with Gasteiger partial charge in [0.05, 0.1) is 36.8 Å². The summed E-state index contributed by atoms with van der Waals surface area (Å²) in [6, 6.07) is 5.81. The molecule has 0 spiro atoms. The van der Waals surface area contributed by atoms with E-state index in [4.69, 9.17) is 9.47 Å². The number of nitrogens with one attached hydrogen (secondary N) is 2. The van der Waals surface area contributed by atoms with E-state index in [1.54, 1.807) is 7.11 Å². The predicted octanol–water partition coefficient (Wildman–Crippen LogP) is 1.87. The van der Waals surface area contributed by atoms with Crippen molar-refractivity contribution in [2.24, 2.45) is 5.92 Å². The van der Waals surface area contributed by atoms with Gasteiger partial charge in [-0.1, -0.05) is 6.07 Å². The first-order valence-electron chi connectivity index (χ1n) is 6.95. The molecular formula is C15H21BrN2O3. The van der Waals surface area contributed by atoms with Gasteiger partial charge in [-0.05, 0) is 47.6 Å². The Morgan fingerprint density at radius 1 is 1.48 bits per heavy atom. The number of halogens is 1. The number of carbonyl (C=O) groups excluding carboxylic acids is 1. The SMILES string of the molecule is CNC1COCC1C(=O)NC(C)c1ccc(OC)c(Br)c1. The van der Waals surface area contributed by atoms with E-state index in [-0.39, 0.29) is 23.9 Å². The van der Waals surface area contributed by atoms with Gasteiger partial charge in [0.25, 0.3) is 0 Å². The summed E-state index contributed by atoms with van der Waals surface area (Å²) in [5.41, 5.74) is 1.02. The number of methoxy groups -OCH3 is 1. The second kappa shape index (κ2) is 7.24. The summed E-state index contributed by atoms with van der Waals surface area (Å²) in [4.78, 5) is 12.3. The van der Waals surface area contributed by atoms with Crippen LogP contribution in [0, 0.1) is 5.92 Å². The van der Waals surface area contributed by atoms with Gasteiger partial charge < -0.3 is 20.1 Å². The maximum atomic E-state index is 12.3. The van der Waals surface area contributed by atoms with Crippen molar-refractivity contribution < 1.29 is 14.3 Å². The van der Waals surface area contributed by atoms with E-state index in [2.05, 4.69) is 26.6 Å². The Morgan fingerprint density at radius 3 is 2.86 bits per heavy atom. The summed E-state index contributed by atoms with van der Waals surface area (Å²) in [7, 11) is 3.48. The highest BCUT2D eigenvalue weighted by molar-refractivity contribution is 9.10. The molecule has 3 unspecified atom stereocenters. The van der Waals surface area contributed by atoms with Gasteiger partial charge in [0.2, 0.25) is 5.91 Å². The molecule has 0 aromatic heterocycles. The van der Waals surface area contributed by atoms with E-state index in [1.165, 1.54) is 0 Å². The molecule has 1 heterocycles. The Bertz CT molecular complexity index is 510. The summed E-state index contributed by atoms with van der Waals surface area (Å²) < 4.78 is 11.5. The zero-order valence-electron chi connectivity index (χ0n) is 12.5. The molecule has 1 aliphatic heterocycles. The molecule has 1 amide bonds. The Labute approximate surface area is 133 Å². The zero-order valence-corrected chi connectivity index (χ0v) is 14.1. The molecule has 2 N–H and O–H groups in total. The molecular weight excluding hydrogens is 336 g/mol. The third kappa shape index (κ3) is 3.75. The Balaban J connectivity index is 2.02. The molecule has 2 rings (SSSR count). The summed E-state index contributed by atoms with van der Waals surface area (Å²) in [5.74, 6) is 0.655. The maximum Gasteiger partial charge on any atom is 0.227 e. The molecule has 116 valence electrons. The molecule has 1 aromatic rings. The average Bonchev–Trinajstić information content (AvgIpc) is 2.95. The minimum Gasteiger partial charge on any atom is -0.496 e. The van der Waals surface area contributed by atoms with Gasteiger partial charge in [0, 0.05) is 6.04 Å². The highest BCUT2D eigenvalue weighted by atomic mass is 79.9. The van der Waals surface area contributed by atoms with Crippen LogP contribution in [0.2, 0.25) is 0 Å². The van der Waals surface area contributed by atoms with Gasteiger partial charge in [0.1, 0.15) is 5.75 Å². The number of hydrogen-bond acceptors (Lipinski definition) is 4. The second-order valence-electron chi connectivity index (χ2n) is 5.16. The van der Waals surface area contributed by atoms with Crippen LogP contribution < -0.4 is 15.4 Å². The van der Waals surface area contributed by atoms with Crippen LogP contribution in [0.25, 0.3) is 0 Å². The van der Waals surface area contributed by atoms with E-state index in [9.17, 15) is 4.79 Å². The van der Waals surface area contributed by atoms with Crippen LogP contribution >= 0.6 is 15.9 Å². The molecule has 1 saturated heterocycles. The van der Waals surface area contributed by atoms with Crippen molar-refractivity contribution in [1.82, 2.24) is 10.6 Å². The van der Waals surface area contributed by atoms with Crippen molar-refractivity contribution in [2.75, 3.05) is 27.4 Å². The first-order valence-corrected chi connectivity index (χ1v) is 7.75. The number of likely N-dealkylation sites (N-methyl/N-ethyl adjacent to an activating group) is 1. The largest absolute Gasteiger partial charge is 0.496 e. The number of benzene rings is 1. The first-order chi connectivity index (χ1) is 10.1. The van der Waals surface area contributed by atoms with E-state index in [0.29, 0.717) is 13.2 Å². The van der Waals surface area contributed by atoms with Crippen molar-refractivity contribution in [3.8, 4) is 5.75 Å². The normalized spacial score (nSPS) is 22.9. The summed E-state index contributed by atoms with van der Waals surface area (Å²) >= 11 is 3.46. The molecule has 6 heteroatoms. The fourth-order valence-corrected chi connectivity index (χ4v) is 3.01.